The average molecular weight is 1220 g/mol. The first kappa shape index (κ1) is 54.4. The molecule has 4 nitrogen and oxygen atoms in total. The minimum atomic E-state index is -0.168. The molecule has 0 aliphatic carbocycles. The van der Waals surface area contributed by atoms with Gasteiger partial charge < -0.3 is 19.3 Å². The topological polar surface area (TPSA) is 24.9 Å². The van der Waals surface area contributed by atoms with Crippen molar-refractivity contribution < 1.29 is 9.47 Å². The van der Waals surface area contributed by atoms with Crippen molar-refractivity contribution in [3.8, 4) is 101 Å². The van der Waals surface area contributed by atoms with Gasteiger partial charge in [-0.05, 0) is 204 Å². The molecule has 0 amide bonds. The van der Waals surface area contributed by atoms with Gasteiger partial charge in [0.05, 0.1) is 14.2 Å². The molecule has 0 saturated carbocycles. The minimum Gasteiger partial charge on any atom is -0.497 e. The lowest BCUT2D eigenvalue weighted by Gasteiger charge is -2.42. The number of para-hydroxylation sites is 4. The van der Waals surface area contributed by atoms with Gasteiger partial charge in [0.1, 0.15) is 11.5 Å². The second kappa shape index (κ2) is 21.2. The SMILES string of the molecule is COc1cc2c3c(c1)N(c1ccccc1)c1ccccc1B3c1cc3c(-c4c(-c5ccccc5)cccc4-c4ccccc4)cc4c5c(cc6c(-c7c(-c8ccccc8)cccc7-c7ccccc7)cc-2c1c6c35)B1c2ccccc2N(c2ccccc2)c2cc(OC)cc-4c21. The van der Waals surface area contributed by atoms with Crippen LogP contribution in [-0.2, 0) is 0 Å². The number of ether oxygens (including phenoxy) is 2. The molecule has 0 atom stereocenters. The lowest BCUT2D eigenvalue weighted by Crippen LogP contribution is -2.60. The maximum Gasteiger partial charge on any atom is 0.248 e. The third-order valence-electron chi connectivity index (χ3n) is 21.2. The zero-order valence-corrected chi connectivity index (χ0v) is 52.9. The molecule has 4 heterocycles. The maximum atomic E-state index is 6.55. The molecule has 4 aliphatic rings. The Kier molecular flexibility index (Phi) is 12.0. The molecule has 20 rings (SSSR count). The second-order valence-corrected chi connectivity index (χ2v) is 25.9. The van der Waals surface area contributed by atoms with Crippen molar-refractivity contribution >= 4 is 113 Å². The van der Waals surface area contributed by atoms with E-state index < -0.39 is 0 Å². The fourth-order valence-corrected chi connectivity index (χ4v) is 17.4. The Morgan fingerprint density at radius 2 is 0.562 bits per heavy atom. The Hall–Kier alpha value is -12.1. The summed E-state index contributed by atoms with van der Waals surface area (Å²) in [4.78, 5) is 4.96. The van der Waals surface area contributed by atoms with Crippen LogP contribution in [0.1, 0.15) is 0 Å². The highest BCUT2D eigenvalue weighted by Gasteiger charge is 2.46. The van der Waals surface area contributed by atoms with E-state index in [1.165, 1.54) is 132 Å². The summed E-state index contributed by atoms with van der Waals surface area (Å²) in [6, 6.07) is 118. The van der Waals surface area contributed by atoms with Gasteiger partial charge in [-0.2, -0.15) is 0 Å². The van der Waals surface area contributed by atoms with Gasteiger partial charge in [-0.25, -0.2) is 0 Å². The highest BCUT2D eigenvalue weighted by molar-refractivity contribution is 7.02. The summed E-state index contributed by atoms with van der Waals surface area (Å²) in [6.07, 6.45) is 0. The number of hydrogen-bond donors (Lipinski definition) is 0. The van der Waals surface area contributed by atoms with Crippen molar-refractivity contribution in [2.24, 2.45) is 0 Å². The van der Waals surface area contributed by atoms with Gasteiger partial charge in [-0.3, -0.25) is 0 Å². The number of benzene rings is 16. The smallest absolute Gasteiger partial charge is 0.248 e. The molecule has 0 fully saturated rings. The molecule has 0 spiro atoms. The first-order valence-electron chi connectivity index (χ1n) is 33.3. The standard InChI is InChI=1S/C90H58B2N2O2/c1-95-61-47-73-69-51-67(83-63(55-27-9-3-10-28-55)39-25-40-64(83)56-29-11-4-12-30-56)71-54-78-86-70(74-48-62(96-2)50-82-90(74)92(78)76-44-22-24-46-80(76)94(82)60-37-19-8-20-38-60)52-68(84-65(57-31-13-5-14-32-57)41-26-42-66(84)58-33-15-6-16-34-58)72-53-77(85(69)87(71)88(72)86)91-75-43-21-23-45-79(75)93(81(49-61)89(73)91)59-35-17-7-18-36-59/h3-54H,1-2H3. The Balaban J connectivity index is 1.05. The third kappa shape index (κ3) is 7.81. The number of anilines is 6. The van der Waals surface area contributed by atoms with Gasteiger partial charge in [-0.1, -0.05) is 254 Å². The third-order valence-corrected chi connectivity index (χ3v) is 21.2. The van der Waals surface area contributed by atoms with E-state index in [-0.39, 0.29) is 13.4 Å². The Labute approximate surface area is 558 Å². The predicted octanol–water partition coefficient (Wildman–Crippen LogP) is 19.2. The highest BCUT2D eigenvalue weighted by Crippen LogP contribution is 2.56. The van der Waals surface area contributed by atoms with E-state index in [0.717, 1.165) is 67.9 Å². The van der Waals surface area contributed by atoms with Crippen molar-refractivity contribution in [2.75, 3.05) is 24.0 Å². The van der Waals surface area contributed by atoms with Gasteiger partial charge in [0.2, 0.25) is 13.4 Å². The van der Waals surface area contributed by atoms with Crippen LogP contribution in [0, 0.1) is 0 Å². The van der Waals surface area contributed by atoms with Gasteiger partial charge in [0.15, 0.2) is 0 Å². The first-order chi connectivity index (χ1) is 47.6. The van der Waals surface area contributed by atoms with Gasteiger partial charge in [0.25, 0.3) is 0 Å². The maximum absolute atomic E-state index is 6.55. The quantitative estimate of drug-likeness (QED) is 0.101. The molecule has 0 unspecified atom stereocenters. The van der Waals surface area contributed by atoms with Crippen LogP contribution in [0.3, 0.4) is 0 Å². The lowest BCUT2D eigenvalue weighted by atomic mass is 9.31. The predicted molar refractivity (Wildman–Crippen MR) is 405 cm³/mol. The molecule has 0 N–H and O–H groups in total. The molecule has 16 aromatic carbocycles. The summed E-state index contributed by atoms with van der Waals surface area (Å²) in [7, 11) is 3.64. The molecule has 96 heavy (non-hydrogen) atoms. The van der Waals surface area contributed by atoms with Crippen molar-refractivity contribution in [1.82, 2.24) is 0 Å². The van der Waals surface area contributed by atoms with Crippen LogP contribution in [0.25, 0.3) is 121 Å². The molecule has 16 aromatic rings. The molecule has 6 heteroatoms. The van der Waals surface area contributed by atoms with Crippen LogP contribution < -0.4 is 52.1 Å². The number of hydrogen-bond acceptors (Lipinski definition) is 4. The Morgan fingerprint density at radius 3 is 0.906 bits per heavy atom. The zero-order chi connectivity index (χ0) is 63.3. The summed E-state index contributed by atoms with van der Waals surface area (Å²) in [5, 5.41) is 7.49. The summed E-state index contributed by atoms with van der Waals surface area (Å²) in [5.74, 6) is 1.62. The van der Waals surface area contributed by atoms with Gasteiger partial charge in [-0.15, -0.1) is 0 Å². The van der Waals surface area contributed by atoms with Crippen molar-refractivity contribution in [3.05, 3.63) is 315 Å². The van der Waals surface area contributed by atoms with Crippen molar-refractivity contribution in [2.45, 2.75) is 0 Å². The fraction of sp³-hybridized carbons (Fsp3) is 0.0222. The van der Waals surface area contributed by atoms with E-state index in [9.17, 15) is 0 Å². The summed E-state index contributed by atoms with van der Waals surface area (Å²) in [5.41, 5.74) is 33.1. The molecule has 446 valence electrons. The summed E-state index contributed by atoms with van der Waals surface area (Å²) < 4.78 is 13.1. The minimum absolute atomic E-state index is 0.168. The van der Waals surface area contributed by atoms with E-state index in [0.29, 0.717) is 0 Å². The second-order valence-electron chi connectivity index (χ2n) is 25.9. The lowest BCUT2D eigenvalue weighted by molar-refractivity contribution is 0.415. The molecule has 0 aromatic heterocycles. The van der Waals surface area contributed by atoms with E-state index >= 15 is 0 Å². The van der Waals surface area contributed by atoms with Crippen molar-refractivity contribution in [3.63, 3.8) is 0 Å². The van der Waals surface area contributed by atoms with Crippen LogP contribution in [-0.4, -0.2) is 27.6 Å². The Morgan fingerprint density at radius 1 is 0.240 bits per heavy atom. The number of methoxy groups -OCH3 is 2. The van der Waals surface area contributed by atoms with E-state index in [2.05, 4.69) is 325 Å². The van der Waals surface area contributed by atoms with Crippen LogP contribution >= 0.6 is 0 Å². The normalized spacial score (nSPS) is 12.8. The molecule has 0 bridgehead atoms. The average Bonchev–Trinajstić information content (AvgIpc) is 0.661. The van der Waals surface area contributed by atoms with Crippen molar-refractivity contribution in [1.29, 1.82) is 0 Å². The largest absolute Gasteiger partial charge is 0.497 e. The van der Waals surface area contributed by atoms with Crippen LogP contribution in [0.15, 0.2) is 315 Å². The molecule has 0 radical (unpaired) electrons. The van der Waals surface area contributed by atoms with Gasteiger partial charge >= 0.3 is 0 Å². The number of nitrogens with zero attached hydrogens (tertiary/aromatic N) is 2. The molecule has 0 saturated heterocycles. The number of rotatable bonds is 10. The molecular formula is C90H58B2N2O2. The Bertz CT molecular complexity index is 5390. The van der Waals surface area contributed by atoms with Crippen LogP contribution in [0.4, 0.5) is 34.1 Å². The van der Waals surface area contributed by atoms with E-state index in [1.54, 1.807) is 0 Å². The first-order valence-corrected chi connectivity index (χ1v) is 33.3. The zero-order valence-electron chi connectivity index (χ0n) is 52.9. The van der Waals surface area contributed by atoms with E-state index in [4.69, 9.17) is 9.47 Å². The monoisotopic (exact) mass is 1220 g/mol. The molecular weight excluding hydrogens is 1160 g/mol. The summed E-state index contributed by atoms with van der Waals surface area (Å²) in [6.45, 7) is -0.337. The summed E-state index contributed by atoms with van der Waals surface area (Å²) >= 11 is 0. The van der Waals surface area contributed by atoms with Gasteiger partial charge in [0, 0.05) is 46.3 Å². The number of fused-ring (bicyclic) bond motifs is 8. The van der Waals surface area contributed by atoms with Crippen LogP contribution in [0.5, 0.6) is 11.5 Å². The highest BCUT2D eigenvalue weighted by atomic mass is 16.5. The molecule has 4 aliphatic heterocycles. The van der Waals surface area contributed by atoms with Crippen LogP contribution in [0.2, 0.25) is 0 Å². The van der Waals surface area contributed by atoms with E-state index in [1.807, 2.05) is 14.2 Å². The fourth-order valence-electron chi connectivity index (χ4n) is 17.4.